The number of benzene rings is 1. The molecule has 0 bridgehead atoms. The van der Waals surface area contributed by atoms with Gasteiger partial charge in [-0.05, 0) is 67.8 Å². The molecule has 0 saturated carbocycles. The molecular weight excluding hydrogens is 687 g/mol. The summed E-state index contributed by atoms with van der Waals surface area (Å²) in [4.78, 5) is 25.0. The second kappa shape index (κ2) is 11.1. The van der Waals surface area contributed by atoms with Gasteiger partial charge in [0.2, 0.25) is 0 Å². The van der Waals surface area contributed by atoms with E-state index >= 15 is 0 Å². The molecule has 9 nitrogen and oxygen atoms in total. The maximum absolute atomic E-state index is 12.5. The molecule has 146 valence electrons. The van der Waals surface area contributed by atoms with E-state index < -0.39 is 37.2 Å². The van der Waals surface area contributed by atoms with Gasteiger partial charge in [0.05, 0.1) is 49.4 Å². The fourth-order valence-corrected chi connectivity index (χ4v) is 5.95. The molecule has 0 saturated heterocycles. The van der Waals surface area contributed by atoms with Crippen molar-refractivity contribution in [3.63, 3.8) is 0 Å². The minimum absolute atomic E-state index is 0.155. The molecule has 0 fully saturated rings. The van der Waals surface area contributed by atoms with E-state index in [0.29, 0.717) is 10.7 Å². The van der Waals surface area contributed by atoms with E-state index in [1.165, 1.54) is 0 Å². The van der Waals surface area contributed by atoms with Crippen LogP contribution in [0.5, 0.6) is 0 Å². The van der Waals surface area contributed by atoms with Crippen LogP contribution in [0.25, 0.3) is 0 Å². The van der Waals surface area contributed by atoms with Gasteiger partial charge in [0.1, 0.15) is 0 Å². The van der Waals surface area contributed by atoms with Crippen molar-refractivity contribution in [3.8, 4) is 0 Å². The summed E-state index contributed by atoms with van der Waals surface area (Å²) in [5.41, 5.74) is 6.66. The fourth-order valence-electron chi connectivity index (χ4n) is 1.81. The molecule has 0 spiro atoms. The van der Waals surface area contributed by atoms with Crippen LogP contribution in [0.3, 0.4) is 0 Å². The molecule has 0 radical (unpaired) electrons. The molecule has 1 aromatic carbocycles. The molecule has 0 unspecified atom stereocenters. The van der Waals surface area contributed by atoms with Crippen LogP contribution in [0.2, 0.25) is 0 Å². The van der Waals surface area contributed by atoms with E-state index in [4.69, 9.17) is 15.9 Å². The summed E-state index contributed by atoms with van der Waals surface area (Å²) in [5, 5.41) is 41.4. The molecule has 2 atom stereocenters. The summed E-state index contributed by atoms with van der Waals surface area (Å²) < 4.78 is 1.27. The number of anilines is 1. The number of carbonyl (C=O) groups excluding carboxylic acids is 2. The van der Waals surface area contributed by atoms with Crippen molar-refractivity contribution in [2.24, 2.45) is 0 Å². The Kier molecular flexibility index (Phi) is 10.3. The molecule has 1 rings (SSSR count). The molecule has 0 aliphatic rings. The molecule has 2 amide bonds. The third kappa shape index (κ3) is 5.99. The van der Waals surface area contributed by atoms with Crippen LogP contribution in [0.1, 0.15) is 20.7 Å². The summed E-state index contributed by atoms with van der Waals surface area (Å²) >= 11 is 5.67. The Labute approximate surface area is 190 Å². The van der Waals surface area contributed by atoms with E-state index in [1.54, 1.807) is 0 Å². The number of nitrogen functional groups attached to an aromatic ring is 1. The van der Waals surface area contributed by atoms with Crippen LogP contribution >= 0.6 is 67.8 Å². The first-order valence-electron chi connectivity index (χ1n) is 7.25. The van der Waals surface area contributed by atoms with Gasteiger partial charge in [-0.2, -0.15) is 0 Å². The number of nitrogens with two attached hydrogens (primary N) is 1. The number of nitrogens with one attached hydrogen (secondary N) is 2. The summed E-state index contributed by atoms with van der Waals surface area (Å²) in [6.45, 7) is -1.30. The Morgan fingerprint density at radius 3 is 1.50 bits per heavy atom. The Morgan fingerprint density at radius 1 is 0.846 bits per heavy atom. The van der Waals surface area contributed by atoms with Crippen molar-refractivity contribution in [3.05, 3.63) is 21.8 Å². The van der Waals surface area contributed by atoms with Crippen LogP contribution in [0, 0.1) is 10.7 Å². The zero-order valence-corrected chi connectivity index (χ0v) is 19.8. The Morgan fingerprint density at radius 2 is 1.19 bits per heavy atom. The lowest BCUT2D eigenvalue weighted by Gasteiger charge is -2.18. The molecule has 8 N–H and O–H groups in total. The van der Waals surface area contributed by atoms with Crippen molar-refractivity contribution in [1.29, 1.82) is 0 Å². The van der Waals surface area contributed by atoms with Gasteiger partial charge in [0.25, 0.3) is 11.8 Å². The smallest absolute Gasteiger partial charge is 0.253 e. The highest BCUT2D eigenvalue weighted by Gasteiger charge is 2.27. The van der Waals surface area contributed by atoms with Crippen molar-refractivity contribution < 1.29 is 30.0 Å². The normalized spacial score (nSPS) is 13.2. The first-order valence-corrected chi connectivity index (χ1v) is 10.5. The average Bonchev–Trinajstić information content (AvgIpc) is 2.62. The fraction of sp³-hybridized carbons (Fsp3) is 0.429. The van der Waals surface area contributed by atoms with Crippen LogP contribution in [-0.4, -0.2) is 70.8 Å². The van der Waals surface area contributed by atoms with Gasteiger partial charge in [-0.3, -0.25) is 9.59 Å². The number of hydrogen-bond acceptors (Lipinski definition) is 7. The SMILES string of the molecule is Nc1c(I)c(C(=O)NC[C@H](O)CO)c(I)c(C(=O)NC[C@H](O)CO)c1I. The van der Waals surface area contributed by atoms with Gasteiger partial charge in [0.15, 0.2) is 0 Å². The first kappa shape index (κ1) is 24.0. The largest absolute Gasteiger partial charge is 0.397 e. The van der Waals surface area contributed by atoms with Gasteiger partial charge in [-0.15, -0.1) is 0 Å². The van der Waals surface area contributed by atoms with Crippen molar-refractivity contribution in [2.75, 3.05) is 32.0 Å². The third-order valence-electron chi connectivity index (χ3n) is 3.22. The van der Waals surface area contributed by atoms with E-state index in [9.17, 15) is 19.8 Å². The van der Waals surface area contributed by atoms with Crippen molar-refractivity contribution in [1.82, 2.24) is 10.6 Å². The van der Waals surface area contributed by atoms with Gasteiger partial charge >= 0.3 is 0 Å². The zero-order valence-electron chi connectivity index (χ0n) is 13.3. The van der Waals surface area contributed by atoms with E-state index in [1.807, 2.05) is 67.8 Å². The number of aliphatic hydroxyl groups excluding tert-OH is 4. The standard InChI is InChI=1S/C14H18I3N3O6/c15-9-7(13(25)19-1-5(23)3-21)10(16)12(18)11(17)8(9)14(26)20-2-6(24)4-22/h5-6,21-24H,1-4,18H2,(H,19,25)(H,20,26)/t5-,6-/m0/s1. The van der Waals surface area contributed by atoms with E-state index in [2.05, 4.69) is 10.6 Å². The number of amides is 2. The second-order valence-corrected chi connectivity index (χ2v) is 8.43. The molecule has 0 aliphatic heterocycles. The van der Waals surface area contributed by atoms with Crippen molar-refractivity contribution in [2.45, 2.75) is 12.2 Å². The minimum atomic E-state index is -1.10. The molecule has 1 aromatic rings. The minimum Gasteiger partial charge on any atom is -0.397 e. The Balaban J connectivity index is 3.22. The molecule has 0 heterocycles. The highest BCUT2D eigenvalue weighted by molar-refractivity contribution is 14.1. The second-order valence-electron chi connectivity index (χ2n) is 5.20. The summed E-state index contributed by atoms with van der Waals surface area (Å²) in [5.74, 6) is -1.09. The predicted octanol–water partition coefficient (Wildman–Crippen LogP) is -0.751. The van der Waals surface area contributed by atoms with E-state index in [0.717, 1.165) is 0 Å². The van der Waals surface area contributed by atoms with Crippen LogP contribution in [-0.2, 0) is 0 Å². The lowest BCUT2D eigenvalue weighted by molar-refractivity contribution is 0.0798. The molecular formula is C14H18I3N3O6. The maximum Gasteiger partial charge on any atom is 0.253 e. The maximum atomic E-state index is 12.5. The van der Waals surface area contributed by atoms with Gasteiger partial charge in [-0.25, -0.2) is 0 Å². The summed E-state index contributed by atoms with van der Waals surface area (Å²) in [6.07, 6.45) is -2.20. The van der Waals surface area contributed by atoms with Gasteiger partial charge < -0.3 is 36.8 Å². The highest BCUT2D eigenvalue weighted by atomic mass is 127. The monoisotopic (exact) mass is 705 g/mol. The number of rotatable bonds is 8. The van der Waals surface area contributed by atoms with Crippen LogP contribution in [0.4, 0.5) is 5.69 Å². The summed E-state index contributed by atoms with van der Waals surface area (Å²) in [6, 6.07) is 0. The average molecular weight is 705 g/mol. The number of halogens is 3. The lowest BCUT2D eigenvalue weighted by atomic mass is 10.1. The number of carbonyl (C=O) groups is 2. The predicted molar refractivity (Wildman–Crippen MR) is 120 cm³/mol. The first-order chi connectivity index (χ1) is 12.1. The zero-order chi connectivity index (χ0) is 20.0. The lowest BCUT2D eigenvalue weighted by Crippen LogP contribution is -2.37. The Bertz CT molecular complexity index is 635. The molecule has 0 aromatic heterocycles. The molecule has 26 heavy (non-hydrogen) atoms. The quantitative estimate of drug-likeness (QED) is 0.138. The van der Waals surface area contributed by atoms with Gasteiger partial charge in [0, 0.05) is 16.7 Å². The number of hydrogen-bond donors (Lipinski definition) is 7. The topological polar surface area (TPSA) is 165 Å². The highest BCUT2D eigenvalue weighted by Crippen LogP contribution is 2.33. The van der Waals surface area contributed by atoms with E-state index in [-0.39, 0.29) is 29.9 Å². The molecule has 0 aliphatic carbocycles. The van der Waals surface area contributed by atoms with Crippen molar-refractivity contribution >= 4 is 85.3 Å². The summed E-state index contributed by atoms with van der Waals surface area (Å²) in [7, 11) is 0. The number of aliphatic hydroxyl groups is 4. The van der Waals surface area contributed by atoms with Crippen LogP contribution < -0.4 is 16.4 Å². The third-order valence-corrected chi connectivity index (χ3v) is 6.54. The van der Waals surface area contributed by atoms with Crippen LogP contribution in [0.15, 0.2) is 0 Å². The van der Waals surface area contributed by atoms with Gasteiger partial charge in [-0.1, -0.05) is 0 Å². The Hall–Kier alpha value is -0.0100. The molecule has 12 heteroatoms.